The summed E-state index contributed by atoms with van der Waals surface area (Å²) >= 11 is 0. The minimum absolute atomic E-state index is 0.0746. The van der Waals surface area contributed by atoms with Crippen LogP contribution in [-0.4, -0.2) is 76.6 Å². The first-order valence-corrected chi connectivity index (χ1v) is 9.97. The summed E-state index contributed by atoms with van der Waals surface area (Å²) in [5.41, 5.74) is 4.44. The third-order valence-electron chi connectivity index (χ3n) is 5.29. The second-order valence-electron chi connectivity index (χ2n) is 8.30. The van der Waals surface area contributed by atoms with E-state index >= 15 is 0 Å². The Morgan fingerprint density at radius 1 is 1.30 bits per heavy atom. The van der Waals surface area contributed by atoms with E-state index in [0.717, 1.165) is 18.7 Å². The fourth-order valence-corrected chi connectivity index (χ4v) is 3.20. The lowest BCUT2D eigenvalue weighted by Crippen LogP contribution is -2.58. The first kappa shape index (κ1) is 25.1. The number of hydrogen-bond acceptors (Lipinski definition) is 6. The zero-order valence-electron chi connectivity index (χ0n) is 18.2. The molecule has 0 unspecified atom stereocenters. The van der Waals surface area contributed by atoms with E-state index in [0.29, 0.717) is 5.56 Å². The van der Waals surface area contributed by atoms with Crippen LogP contribution in [0, 0.1) is 0 Å². The monoisotopic (exact) mass is 480 g/mol. The van der Waals surface area contributed by atoms with Gasteiger partial charge in [0.25, 0.3) is 5.92 Å². The Morgan fingerprint density at radius 3 is 2.64 bits per heavy atom. The van der Waals surface area contributed by atoms with Crippen molar-refractivity contribution in [1.82, 2.24) is 24.8 Å². The molecule has 2 amide bonds. The van der Waals surface area contributed by atoms with Crippen molar-refractivity contribution in [3.05, 3.63) is 29.7 Å². The molecule has 0 spiro atoms. The predicted octanol–water partition coefficient (Wildman–Crippen LogP) is 2.43. The average molecular weight is 480 g/mol. The van der Waals surface area contributed by atoms with Gasteiger partial charge in [0, 0.05) is 12.7 Å². The van der Waals surface area contributed by atoms with Crippen molar-refractivity contribution >= 4 is 11.7 Å². The van der Waals surface area contributed by atoms with E-state index in [9.17, 15) is 26.7 Å². The van der Waals surface area contributed by atoms with Gasteiger partial charge in [-0.25, -0.2) is 23.1 Å². The summed E-state index contributed by atoms with van der Waals surface area (Å²) < 4.78 is 78.1. The van der Waals surface area contributed by atoms with Gasteiger partial charge < -0.3 is 25.4 Å². The minimum Gasteiger partial charge on any atom is -0.382 e. The molecule has 1 fully saturated rings. The molecule has 1 saturated heterocycles. The van der Waals surface area contributed by atoms with E-state index in [-0.39, 0.29) is 17.9 Å². The number of hydrogen-bond donors (Lipinski definition) is 2. The van der Waals surface area contributed by atoms with Gasteiger partial charge in [-0.2, -0.15) is 18.3 Å². The number of rotatable bonds is 8. The number of fused-ring (bicyclic) bond motifs is 1. The fourth-order valence-electron chi connectivity index (χ4n) is 3.20. The molecule has 14 heteroatoms. The van der Waals surface area contributed by atoms with Crippen molar-refractivity contribution in [2.24, 2.45) is 5.73 Å². The molecular weight excluding hydrogens is 455 g/mol. The lowest BCUT2D eigenvalue weighted by molar-refractivity contribution is -0.264. The summed E-state index contributed by atoms with van der Waals surface area (Å²) in [4.78, 5) is 17.5. The Kier molecular flexibility index (Phi) is 6.82. The van der Waals surface area contributed by atoms with Crippen molar-refractivity contribution in [2.45, 2.75) is 43.6 Å². The molecule has 2 atom stereocenters. The Bertz CT molecular complexity index is 996. The molecule has 1 aliphatic heterocycles. The lowest BCUT2D eigenvalue weighted by atomic mass is 10.1. The zero-order valence-corrected chi connectivity index (χ0v) is 18.2. The summed E-state index contributed by atoms with van der Waals surface area (Å²) in [6.07, 6.45) is -1.77. The van der Waals surface area contributed by atoms with E-state index in [1.54, 1.807) is 0 Å². The normalized spacial score (nSPS) is 18.9. The molecule has 184 valence electrons. The largest absolute Gasteiger partial charge is 0.416 e. The highest BCUT2D eigenvalue weighted by molar-refractivity contribution is 5.76. The van der Waals surface area contributed by atoms with E-state index in [1.807, 2.05) is 0 Å². The van der Waals surface area contributed by atoms with Gasteiger partial charge in [0.05, 0.1) is 56.5 Å². The SMILES string of the molecule is COC[C@H](c1cnn2cc([C@@H](N)COC(C)(C)C(F)(F)F)nc2c1)N1CC(F)(F)CNC1=O. The molecule has 0 saturated carbocycles. The average Bonchev–Trinajstić information content (AvgIpc) is 3.15. The van der Waals surface area contributed by atoms with Crippen LogP contribution in [0.25, 0.3) is 5.65 Å². The Hall–Kier alpha value is -2.58. The molecular formula is C19H25F5N6O3. The number of amides is 2. The highest BCUT2D eigenvalue weighted by Gasteiger charge is 2.48. The van der Waals surface area contributed by atoms with Gasteiger partial charge in [-0.15, -0.1) is 0 Å². The van der Waals surface area contributed by atoms with Crippen LogP contribution in [0.2, 0.25) is 0 Å². The molecule has 2 aromatic rings. The smallest absolute Gasteiger partial charge is 0.382 e. The fraction of sp³-hybridized carbons (Fsp3) is 0.632. The van der Waals surface area contributed by atoms with Crippen LogP contribution in [0.1, 0.15) is 37.2 Å². The number of imidazole rings is 1. The topological polar surface area (TPSA) is 107 Å². The summed E-state index contributed by atoms with van der Waals surface area (Å²) in [7, 11) is 1.37. The number of aromatic nitrogens is 3. The molecule has 0 aliphatic carbocycles. The van der Waals surface area contributed by atoms with Crippen LogP contribution < -0.4 is 11.1 Å². The quantitative estimate of drug-likeness (QED) is 0.562. The zero-order chi connectivity index (χ0) is 24.6. The van der Waals surface area contributed by atoms with Crippen molar-refractivity contribution in [3.8, 4) is 0 Å². The molecule has 0 aromatic carbocycles. The van der Waals surface area contributed by atoms with Crippen LogP contribution in [0.4, 0.5) is 26.7 Å². The number of ether oxygens (including phenoxy) is 2. The van der Waals surface area contributed by atoms with Gasteiger partial charge in [-0.3, -0.25) is 0 Å². The van der Waals surface area contributed by atoms with Gasteiger partial charge in [0.15, 0.2) is 11.2 Å². The van der Waals surface area contributed by atoms with Gasteiger partial charge in [0.1, 0.15) is 0 Å². The van der Waals surface area contributed by atoms with Crippen LogP contribution in [0.5, 0.6) is 0 Å². The van der Waals surface area contributed by atoms with Crippen LogP contribution in [0.15, 0.2) is 18.5 Å². The molecule has 2 aromatic heterocycles. The van der Waals surface area contributed by atoms with Crippen molar-refractivity contribution in [2.75, 3.05) is 33.4 Å². The molecule has 1 aliphatic rings. The Morgan fingerprint density at radius 2 is 2.00 bits per heavy atom. The van der Waals surface area contributed by atoms with Gasteiger partial charge in [0.2, 0.25) is 0 Å². The number of alkyl halides is 5. The number of carbonyl (C=O) groups is 1. The predicted molar refractivity (Wildman–Crippen MR) is 106 cm³/mol. The third-order valence-corrected chi connectivity index (χ3v) is 5.29. The van der Waals surface area contributed by atoms with E-state index in [2.05, 4.69) is 15.4 Å². The summed E-state index contributed by atoms with van der Waals surface area (Å²) in [5, 5.41) is 6.32. The van der Waals surface area contributed by atoms with Crippen molar-refractivity contribution < 1.29 is 36.2 Å². The summed E-state index contributed by atoms with van der Waals surface area (Å²) in [5.74, 6) is -3.12. The van der Waals surface area contributed by atoms with Crippen LogP contribution >= 0.6 is 0 Å². The summed E-state index contributed by atoms with van der Waals surface area (Å²) in [6.45, 7) is -0.281. The van der Waals surface area contributed by atoms with Crippen LogP contribution in [-0.2, 0) is 9.47 Å². The second kappa shape index (κ2) is 8.99. The number of carbonyl (C=O) groups excluding carboxylic acids is 1. The highest BCUT2D eigenvalue weighted by atomic mass is 19.4. The van der Waals surface area contributed by atoms with Gasteiger partial charge in [-0.05, 0) is 19.9 Å². The second-order valence-corrected chi connectivity index (χ2v) is 8.30. The van der Waals surface area contributed by atoms with Gasteiger partial charge in [-0.1, -0.05) is 0 Å². The number of nitrogens with zero attached hydrogens (tertiary/aromatic N) is 4. The number of halogens is 5. The Balaban J connectivity index is 1.82. The Labute approximate surface area is 186 Å². The number of urea groups is 1. The van der Waals surface area contributed by atoms with Crippen molar-refractivity contribution in [1.29, 1.82) is 0 Å². The molecule has 3 heterocycles. The number of methoxy groups -OCH3 is 1. The first-order valence-electron chi connectivity index (χ1n) is 9.97. The highest BCUT2D eigenvalue weighted by Crippen LogP contribution is 2.33. The van der Waals surface area contributed by atoms with E-state index in [1.165, 1.54) is 30.1 Å². The minimum atomic E-state index is -4.57. The molecule has 0 radical (unpaired) electrons. The third kappa shape index (κ3) is 5.50. The molecule has 0 bridgehead atoms. The molecule has 33 heavy (non-hydrogen) atoms. The maximum atomic E-state index is 13.9. The van der Waals surface area contributed by atoms with Crippen LogP contribution in [0.3, 0.4) is 0 Å². The van der Waals surface area contributed by atoms with E-state index in [4.69, 9.17) is 15.2 Å². The molecule has 3 rings (SSSR count). The van der Waals surface area contributed by atoms with Crippen molar-refractivity contribution in [3.63, 3.8) is 0 Å². The summed E-state index contributed by atoms with van der Waals surface area (Å²) in [6, 6.07) is -0.993. The maximum absolute atomic E-state index is 13.9. The lowest BCUT2D eigenvalue weighted by Gasteiger charge is -2.38. The molecule has 9 nitrogen and oxygen atoms in total. The number of nitrogens with one attached hydrogen (secondary N) is 1. The van der Waals surface area contributed by atoms with Gasteiger partial charge >= 0.3 is 12.2 Å². The maximum Gasteiger partial charge on any atom is 0.416 e. The first-order chi connectivity index (χ1) is 15.2. The van der Waals surface area contributed by atoms with E-state index < -0.39 is 55.5 Å². The standard InChI is InChI=1S/C19H25F5N6O3/c1-17(2,19(22,23)24)33-7-12(25)13-6-30-15(28-13)4-11(5-27-30)14(8-32-3)29-10-18(20,21)9-26-16(29)31/h4-6,12,14H,7-10,25H2,1-3H3,(H,26,31)/t12-,14+/m0/s1. The molecule has 3 N–H and O–H groups in total. The number of nitrogens with two attached hydrogens (primary N) is 1.